The molecule has 0 radical (unpaired) electrons. The molecule has 1 aromatic heterocycles. The number of aromatic hydroxyl groups is 1. The van der Waals surface area contributed by atoms with Gasteiger partial charge in [0, 0.05) is 18.8 Å². The Morgan fingerprint density at radius 3 is 2.61 bits per heavy atom. The van der Waals surface area contributed by atoms with E-state index in [0.29, 0.717) is 16.5 Å². The first-order valence-corrected chi connectivity index (χ1v) is 11.2. The van der Waals surface area contributed by atoms with Crippen LogP contribution in [0, 0.1) is 0 Å². The maximum Gasteiger partial charge on any atom is 0.237 e. The lowest BCUT2D eigenvalue weighted by molar-refractivity contribution is -0.116. The molecule has 1 N–H and O–H groups in total. The van der Waals surface area contributed by atoms with Gasteiger partial charge in [-0.1, -0.05) is 54.2 Å². The first-order valence-electron chi connectivity index (χ1n) is 10.2. The molecule has 0 bridgehead atoms. The standard InChI is InChI=1S/C24H22N4O2S/c1-15-11-18-9-5-6-10-20(18)28(15)22(30)14-31-24-26-25-23(27(24)2)19-12-16-7-3-4-8-17(16)13-21(19)29/h3-10,12-13,15,29H,11,14H2,1-2H3/t15-/m0/s1. The van der Waals surface area contributed by atoms with Crippen LogP contribution in [0.2, 0.25) is 0 Å². The van der Waals surface area contributed by atoms with Crippen LogP contribution in [0.15, 0.2) is 65.8 Å². The highest BCUT2D eigenvalue weighted by Crippen LogP contribution is 2.35. The quantitative estimate of drug-likeness (QED) is 0.486. The van der Waals surface area contributed by atoms with Crippen LogP contribution in [-0.2, 0) is 18.3 Å². The fourth-order valence-electron chi connectivity index (χ4n) is 4.22. The lowest BCUT2D eigenvalue weighted by Gasteiger charge is -2.22. The largest absolute Gasteiger partial charge is 0.507 e. The number of hydrogen-bond donors (Lipinski definition) is 1. The molecular weight excluding hydrogens is 408 g/mol. The average Bonchev–Trinajstić information content (AvgIpc) is 3.30. The summed E-state index contributed by atoms with van der Waals surface area (Å²) in [4.78, 5) is 14.9. The summed E-state index contributed by atoms with van der Waals surface area (Å²) in [5.41, 5.74) is 2.83. The van der Waals surface area contributed by atoms with Gasteiger partial charge in [-0.2, -0.15) is 0 Å². The molecule has 0 aliphatic carbocycles. The number of para-hydroxylation sites is 1. The maximum atomic E-state index is 13.0. The lowest BCUT2D eigenvalue weighted by Crippen LogP contribution is -2.37. The molecule has 2 heterocycles. The lowest BCUT2D eigenvalue weighted by atomic mass is 10.1. The fraction of sp³-hybridized carbons (Fsp3) is 0.208. The van der Waals surface area contributed by atoms with Crippen LogP contribution in [0.4, 0.5) is 5.69 Å². The van der Waals surface area contributed by atoms with Crippen molar-refractivity contribution in [2.75, 3.05) is 10.7 Å². The number of fused-ring (bicyclic) bond motifs is 2. The summed E-state index contributed by atoms with van der Waals surface area (Å²) in [5.74, 6) is 1.05. The van der Waals surface area contributed by atoms with Crippen molar-refractivity contribution < 1.29 is 9.90 Å². The Morgan fingerprint density at radius 2 is 1.81 bits per heavy atom. The van der Waals surface area contributed by atoms with E-state index < -0.39 is 0 Å². The van der Waals surface area contributed by atoms with Gasteiger partial charge in [0.2, 0.25) is 5.91 Å². The topological polar surface area (TPSA) is 71.2 Å². The van der Waals surface area contributed by atoms with E-state index in [1.54, 1.807) is 6.07 Å². The molecule has 1 aliphatic heterocycles. The van der Waals surface area contributed by atoms with E-state index >= 15 is 0 Å². The van der Waals surface area contributed by atoms with Crippen molar-refractivity contribution in [3.63, 3.8) is 0 Å². The van der Waals surface area contributed by atoms with Gasteiger partial charge in [-0.05, 0) is 47.9 Å². The van der Waals surface area contributed by atoms with Gasteiger partial charge in [0.05, 0.1) is 11.3 Å². The zero-order valence-corrected chi connectivity index (χ0v) is 18.1. The normalized spacial score (nSPS) is 15.4. The Bertz CT molecular complexity index is 1300. The van der Waals surface area contributed by atoms with Gasteiger partial charge in [-0.3, -0.25) is 4.79 Å². The van der Waals surface area contributed by atoms with Crippen molar-refractivity contribution in [2.45, 2.75) is 24.5 Å². The van der Waals surface area contributed by atoms with Crippen LogP contribution in [0.25, 0.3) is 22.2 Å². The number of benzene rings is 3. The molecule has 0 fully saturated rings. The summed E-state index contributed by atoms with van der Waals surface area (Å²) in [5, 5.41) is 21.7. The third kappa shape index (κ3) is 3.45. The van der Waals surface area contributed by atoms with Crippen molar-refractivity contribution >= 4 is 34.1 Å². The van der Waals surface area contributed by atoms with E-state index in [1.165, 1.54) is 17.3 Å². The Hall–Kier alpha value is -3.32. The highest BCUT2D eigenvalue weighted by molar-refractivity contribution is 7.99. The van der Waals surface area contributed by atoms with Crippen LogP contribution < -0.4 is 4.90 Å². The molecule has 0 spiro atoms. The Balaban J connectivity index is 1.37. The molecule has 7 heteroatoms. The van der Waals surface area contributed by atoms with Crippen molar-refractivity contribution in [1.82, 2.24) is 14.8 Å². The SMILES string of the molecule is C[C@H]1Cc2ccccc2N1C(=O)CSc1nnc(-c2cc3ccccc3cc2O)n1C. The van der Waals surface area contributed by atoms with Crippen LogP contribution in [-0.4, -0.2) is 37.6 Å². The van der Waals surface area contributed by atoms with Crippen molar-refractivity contribution in [3.8, 4) is 17.1 Å². The molecular formula is C24H22N4O2S. The number of phenolic OH excluding ortho intramolecular Hbond substituents is 1. The smallest absolute Gasteiger partial charge is 0.237 e. The monoisotopic (exact) mass is 430 g/mol. The van der Waals surface area contributed by atoms with Gasteiger partial charge < -0.3 is 14.6 Å². The second-order valence-electron chi connectivity index (χ2n) is 7.82. The summed E-state index contributed by atoms with van der Waals surface area (Å²) >= 11 is 1.36. The molecule has 6 nitrogen and oxygen atoms in total. The number of thioether (sulfide) groups is 1. The van der Waals surface area contributed by atoms with Gasteiger partial charge in [0.15, 0.2) is 11.0 Å². The molecule has 1 aliphatic rings. The van der Waals surface area contributed by atoms with Gasteiger partial charge in [0.25, 0.3) is 0 Å². The highest BCUT2D eigenvalue weighted by Gasteiger charge is 2.30. The molecule has 3 aromatic carbocycles. The molecule has 31 heavy (non-hydrogen) atoms. The number of rotatable bonds is 4. The number of carbonyl (C=O) groups is 1. The zero-order chi connectivity index (χ0) is 21.5. The van der Waals surface area contributed by atoms with E-state index in [2.05, 4.69) is 23.2 Å². The van der Waals surface area contributed by atoms with E-state index in [1.807, 2.05) is 65.0 Å². The first-order chi connectivity index (χ1) is 15.0. The minimum absolute atomic E-state index is 0.0561. The van der Waals surface area contributed by atoms with E-state index in [4.69, 9.17) is 0 Å². The molecule has 0 saturated carbocycles. The minimum atomic E-state index is 0.0561. The second kappa shape index (κ2) is 7.74. The first kappa shape index (κ1) is 19.6. The fourth-order valence-corrected chi connectivity index (χ4v) is 4.99. The van der Waals surface area contributed by atoms with Crippen LogP contribution in [0.5, 0.6) is 5.75 Å². The molecule has 156 valence electrons. The molecule has 5 rings (SSSR count). The van der Waals surface area contributed by atoms with Crippen LogP contribution >= 0.6 is 11.8 Å². The number of nitrogens with zero attached hydrogens (tertiary/aromatic N) is 4. The van der Waals surface area contributed by atoms with E-state index in [0.717, 1.165) is 22.9 Å². The summed E-state index contributed by atoms with van der Waals surface area (Å²) < 4.78 is 1.82. The minimum Gasteiger partial charge on any atom is -0.507 e. The zero-order valence-electron chi connectivity index (χ0n) is 17.3. The molecule has 1 atom stereocenters. The third-order valence-corrected chi connectivity index (χ3v) is 6.75. The van der Waals surface area contributed by atoms with Crippen LogP contribution in [0.3, 0.4) is 0 Å². The number of hydrogen-bond acceptors (Lipinski definition) is 5. The van der Waals surface area contributed by atoms with Gasteiger partial charge >= 0.3 is 0 Å². The second-order valence-corrected chi connectivity index (χ2v) is 8.76. The number of anilines is 1. The molecule has 0 unspecified atom stereocenters. The number of phenols is 1. The Kier molecular flexibility index (Phi) is 4.90. The van der Waals surface area contributed by atoms with Crippen molar-refractivity contribution in [2.24, 2.45) is 7.05 Å². The van der Waals surface area contributed by atoms with Gasteiger partial charge in [0.1, 0.15) is 5.75 Å². The van der Waals surface area contributed by atoms with Gasteiger partial charge in [-0.15, -0.1) is 10.2 Å². The Labute approximate surface area is 184 Å². The van der Waals surface area contributed by atoms with Crippen molar-refractivity contribution in [3.05, 3.63) is 66.2 Å². The van der Waals surface area contributed by atoms with Crippen LogP contribution in [0.1, 0.15) is 12.5 Å². The number of amides is 1. The number of carbonyl (C=O) groups excluding carboxylic acids is 1. The molecule has 1 amide bonds. The third-order valence-electron chi connectivity index (χ3n) is 5.74. The number of aromatic nitrogens is 3. The summed E-state index contributed by atoms with van der Waals surface area (Å²) in [7, 11) is 1.85. The Morgan fingerprint density at radius 1 is 1.10 bits per heavy atom. The molecule has 4 aromatic rings. The summed E-state index contributed by atoms with van der Waals surface area (Å²) in [6.45, 7) is 2.07. The average molecular weight is 431 g/mol. The maximum absolute atomic E-state index is 13.0. The summed E-state index contributed by atoms with van der Waals surface area (Å²) in [6.07, 6.45) is 0.877. The highest BCUT2D eigenvalue weighted by atomic mass is 32.2. The predicted molar refractivity (Wildman–Crippen MR) is 123 cm³/mol. The van der Waals surface area contributed by atoms with E-state index in [-0.39, 0.29) is 23.5 Å². The summed E-state index contributed by atoms with van der Waals surface area (Å²) in [6, 6.07) is 19.7. The van der Waals surface area contributed by atoms with E-state index in [9.17, 15) is 9.90 Å². The van der Waals surface area contributed by atoms with Crippen molar-refractivity contribution in [1.29, 1.82) is 0 Å². The van der Waals surface area contributed by atoms with Gasteiger partial charge in [-0.25, -0.2) is 0 Å². The predicted octanol–water partition coefficient (Wildman–Crippen LogP) is 4.41. The molecule has 0 saturated heterocycles.